The summed E-state index contributed by atoms with van der Waals surface area (Å²) in [4.78, 5) is 14.3. The van der Waals surface area contributed by atoms with E-state index in [0.717, 1.165) is 25.8 Å². The van der Waals surface area contributed by atoms with Crippen LogP contribution >= 0.6 is 0 Å². The Labute approximate surface area is 209 Å². The molecule has 0 aromatic rings. The van der Waals surface area contributed by atoms with Crippen LogP contribution in [0.15, 0.2) is 0 Å². The first kappa shape index (κ1) is 32.4. The highest BCUT2D eigenvalue weighted by Crippen LogP contribution is 2.18. The summed E-state index contributed by atoms with van der Waals surface area (Å²) in [7, 11) is 0. The van der Waals surface area contributed by atoms with Crippen molar-refractivity contribution in [2.45, 2.75) is 175 Å². The number of carbonyl (C=O) groups excluding carboxylic acids is 1. The standard InChI is InChI=1S/C30H62N2O/c1-6-7-8-9-10-11-12-13-14-15-16-17-18-19-20-21-22-23-24-29(30(31)33)25-26-32(27(2)3)28(4)5/h27-29H,6-26H2,1-5H3,(H2,31,33). The summed E-state index contributed by atoms with van der Waals surface area (Å²) in [6, 6.07) is 1.03. The van der Waals surface area contributed by atoms with Gasteiger partial charge in [-0.1, -0.05) is 122 Å². The highest BCUT2D eigenvalue weighted by atomic mass is 16.1. The molecule has 1 unspecified atom stereocenters. The van der Waals surface area contributed by atoms with Crippen LogP contribution in [-0.4, -0.2) is 29.4 Å². The number of amides is 1. The Hall–Kier alpha value is -0.570. The summed E-state index contributed by atoms with van der Waals surface area (Å²) in [6.07, 6.45) is 27.0. The summed E-state index contributed by atoms with van der Waals surface area (Å²) in [6.45, 7) is 12.2. The molecule has 0 spiro atoms. The lowest BCUT2D eigenvalue weighted by atomic mass is 9.95. The van der Waals surface area contributed by atoms with E-state index in [-0.39, 0.29) is 11.8 Å². The minimum atomic E-state index is -0.102. The number of rotatable bonds is 25. The molecule has 0 heterocycles. The van der Waals surface area contributed by atoms with Crippen molar-refractivity contribution in [1.82, 2.24) is 4.90 Å². The molecule has 3 heteroatoms. The van der Waals surface area contributed by atoms with Gasteiger partial charge in [0, 0.05) is 18.0 Å². The molecule has 0 saturated heterocycles. The van der Waals surface area contributed by atoms with Crippen LogP contribution in [-0.2, 0) is 4.79 Å². The van der Waals surface area contributed by atoms with Gasteiger partial charge in [0.2, 0.25) is 5.91 Å². The number of nitrogens with two attached hydrogens (primary N) is 1. The van der Waals surface area contributed by atoms with Gasteiger partial charge in [0.25, 0.3) is 0 Å². The molecule has 1 amide bonds. The first-order valence-electron chi connectivity index (χ1n) is 14.9. The van der Waals surface area contributed by atoms with Gasteiger partial charge in [-0.2, -0.15) is 0 Å². The van der Waals surface area contributed by atoms with Crippen molar-refractivity contribution in [3.63, 3.8) is 0 Å². The van der Waals surface area contributed by atoms with E-state index in [1.807, 2.05) is 0 Å². The fourth-order valence-electron chi connectivity index (χ4n) is 5.14. The summed E-state index contributed by atoms with van der Waals surface area (Å²) in [5.41, 5.74) is 5.69. The molecule has 0 aliphatic carbocycles. The van der Waals surface area contributed by atoms with Crippen molar-refractivity contribution in [3.8, 4) is 0 Å². The predicted octanol–water partition coefficient (Wildman–Crippen LogP) is 9.03. The Balaban J connectivity index is 3.51. The lowest BCUT2D eigenvalue weighted by molar-refractivity contribution is -0.122. The number of carbonyl (C=O) groups is 1. The van der Waals surface area contributed by atoms with E-state index in [9.17, 15) is 4.79 Å². The molecule has 198 valence electrons. The van der Waals surface area contributed by atoms with Gasteiger partial charge >= 0.3 is 0 Å². The predicted molar refractivity (Wildman–Crippen MR) is 148 cm³/mol. The number of nitrogens with zero attached hydrogens (tertiary/aromatic N) is 1. The molecule has 0 radical (unpaired) electrons. The highest BCUT2D eigenvalue weighted by Gasteiger charge is 2.19. The van der Waals surface area contributed by atoms with Crippen molar-refractivity contribution in [1.29, 1.82) is 0 Å². The van der Waals surface area contributed by atoms with Crippen LogP contribution < -0.4 is 5.73 Å². The van der Waals surface area contributed by atoms with E-state index in [1.165, 1.54) is 109 Å². The van der Waals surface area contributed by atoms with Crippen molar-refractivity contribution in [2.24, 2.45) is 11.7 Å². The Morgan fingerprint density at radius 2 is 0.909 bits per heavy atom. The van der Waals surface area contributed by atoms with Gasteiger partial charge in [0.05, 0.1) is 0 Å². The highest BCUT2D eigenvalue weighted by molar-refractivity contribution is 5.76. The monoisotopic (exact) mass is 466 g/mol. The fourth-order valence-corrected chi connectivity index (χ4v) is 5.14. The molecule has 2 N–H and O–H groups in total. The molecule has 0 aromatic heterocycles. The minimum absolute atomic E-state index is 0.0473. The maximum absolute atomic E-state index is 11.9. The summed E-state index contributed by atoms with van der Waals surface area (Å²) < 4.78 is 0. The van der Waals surface area contributed by atoms with Crippen LogP contribution in [0.5, 0.6) is 0 Å². The van der Waals surface area contributed by atoms with E-state index in [1.54, 1.807) is 0 Å². The topological polar surface area (TPSA) is 46.3 Å². The number of hydrogen-bond donors (Lipinski definition) is 1. The van der Waals surface area contributed by atoms with E-state index in [0.29, 0.717) is 12.1 Å². The van der Waals surface area contributed by atoms with Crippen LogP contribution in [0, 0.1) is 5.92 Å². The largest absolute Gasteiger partial charge is 0.369 e. The van der Waals surface area contributed by atoms with Gasteiger partial charge in [-0.3, -0.25) is 9.69 Å². The summed E-state index contributed by atoms with van der Waals surface area (Å²) in [5, 5.41) is 0. The van der Waals surface area contributed by atoms with Crippen LogP contribution in [0.4, 0.5) is 0 Å². The third-order valence-corrected chi connectivity index (χ3v) is 7.37. The zero-order valence-electron chi connectivity index (χ0n) is 23.5. The van der Waals surface area contributed by atoms with Gasteiger partial charge in [0.1, 0.15) is 0 Å². The maximum atomic E-state index is 11.9. The summed E-state index contributed by atoms with van der Waals surface area (Å²) >= 11 is 0. The molecular formula is C30H62N2O. The fraction of sp³-hybridized carbons (Fsp3) is 0.967. The third-order valence-electron chi connectivity index (χ3n) is 7.37. The average molecular weight is 467 g/mol. The lowest BCUT2D eigenvalue weighted by Gasteiger charge is -2.31. The van der Waals surface area contributed by atoms with E-state index in [2.05, 4.69) is 39.5 Å². The molecule has 0 saturated carbocycles. The van der Waals surface area contributed by atoms with Crippen molar-refractivity contribution >= 4 is 5.91 Å². The van der Waals surface area contributed by atoms with E-state index in [4.69, 9.17) is 5.73 Å². The first-order chi connectivity index (χ1) is 15.9. The molecule has 0 aliphatic rings. The molecule has 0 aliphatic heterocycles. The van der Waals surface area contributed by atoms with Gasteiger partial charge in [-0.05, 0) is 47.1 Å². The van der Waals surface area contributed by atoms with Gasteiger partial charge in [-0.15, -0.1) is 0 Å². The quantitative estimate of drug-likeness (QED) is 0.136. The van der Waals surface area contributed by atoms with E-state index >= 15 is 0 Å². The second-order valence-corrected chi connectivity index (χ2v) is 11.1. The van der Waals surface area contributed by atoms with Crippen LogP contribution in [0.3, 0.4) is 0 Å². The lowest BCUT2D eigenvalue weighted by Crippen LogP contribution is -2.39. The molecule has 1 atom stereocenters. The zero-order valence-corrected chi connectivity index (χ0v) is 23.5. The molecule has 33 heavy (non-hydrogen) atoms. The van der Waals surface area contributed by atoms with Gasteiger partial charge in [0.15, 0.2) is 0 Å². The number of hydrogen-bond acceptors (Lipinski definition) is 2. The summed E-state index contributed by atoms with van der Waals surface area (Å²) in [5.74, 6) is -0.0551. The van der Waals surface area contributed by atoms with Crippen LogP contribution in [0.2, 0.25) is 0 Å². The van der Waals surface area contributed by atoms with Crippen molar-refractivity contribution in [3.05, 3.63) is 0 Å². The second kappa shape index (κ2) is 23.2. The minimum Gasteiger partial charge on any atom is -0.369 e. The molecular weight excluding hydrogens is 404 g/mol. The Morgan fingerprint density at radius 3 is 1.21 bits per heavy atom. The smallest absolute Gasteiger partial charge is 0.220 e. The number of primary amides is 1. The van der Waals surface area contributed by atoms with Gasteiger partial charge < -0.3 is 5.73 Å². The molecule has 0 rings (SSSR count). The Morgan fingerprint density at radius 1 is 0.576 bits per heavy atom. The van der Waals surface area contributed by atoms with Crippen LogP contribution in [0.1, 0.15) is 163 Å². The zero-order chi connectivity index (χ0) is 24.7. The number of unbranched alkanes of at least 4 members (excludes halogenated alkanes) is 17. The van der Waals surface area contributed by atoms with E-state index < -0.39 is 0 Å². The average Bonchev–Trinajstić information content (AvgIpc) is 2.76. The van der Waals surface area contributed by atoms with Crippen LogP contribution in [0.25, 0.3) is 0 Å². The first-order valence-corrected chi connectivity index (χ1v) is 14.9. The van der Waals surface area contributed by atoms with Crippen molar-refractivity contribution in [2.75, 3.05) is 6.54 Å². The molecule has 0 aromatic carbocycles. The normalized spacial score (nSPS) is 12.8. The third kappa shape index (κ3) is 20.5. The van der Waals surface area contributed by atoms with Gasteiger partial charge in [-0.25, -0.2) is 0 Å². The molecule has 3 nitrogen and oxygen atoms in total. The second-order valence-electron chi connectivity index (χ2n) is 11.1. The molecule has 0 fully saturated rings. The SMILES string of the molecule is CCCCCCCCCCCCCCCCCCCCC(CCN(C(C)C)C(C)C)C(N)=O. The van der Waals surface area contributed by atoms with Crippen molar-refractivity contribution < 1.29 is 4.79 Å². The Kier molecular flexibility index (Phi) is 22.8. The maximum Gasteiger partial charge on any atom is 0.220 e. The Bertz CT molecular complexity index is 414. The molecule has 0 bridgehead atoms.